The summed E-state index contributed by atoms with van der Waals surface area (Å²) in [5.74, 6) is 0.00996. The van der Waals surface area contributed by atoms with Crippen LogP contribution in [0.4, 0.5) is 4.79 Å². The van der Waals surface area contributed by atoms with Gasteiger partial charge in [-0.2, -0.15) is 0 Å². The van der Waals surface area contributed by atoms with Crippen LogP contribution < -0.4 is 0 Å². The second kappa shape index (κ2) is 5.26. The second-order valence-electron chi connectivity index (χ2n) is 5.76. The molecule has 1 amide bonds. The Bertz CT molecular complexity index is 334. The molecule has 1 saturated heterocycles. The quantitative estimate of drug-likeness (QED) is 0.759. The third-order valence-corrected chi connectivity index (χ3v) is 2.84. The largest absolute Gasteiger partial charge is 0.444 e. The molecule has 1 rings (SSSR count). The highest BCUT2D eigenvalue weighted by molar-refractivity contribution is 5.87. The van der Waals surface area contributed by atoms with Gasteiger partial charge in [0.05, 0.1) is 13.2 Å². The van der Waals surface area contributed by atoms with Gasteiger partial charge in [-0.25, -0.2) is 4.79 Å². The highest BCUT2D eigenvalue weighted by Crippen LogP contribution is 2.22. The van der Waals surface area contributed by atoms with E-state index in [2.05, 4.69) is 0 Å². The monoisotopic (exact) mass is 257 g/mol. The lowest BCUT2D eigenvalue weighted by Crippen LogP contribution is -2.56. The maximum absolute atomic E-state index is 11.9. The Morgan fingerprint density at radius 3 is 2.50 bits per heavy atom. The van der Waals surface area contributed by atoms with Crippen LogP contribution >= 0.6 is 0 Å². The van der Waals surface area contributed by atoms with Gasteiger partial charge in [0.1, 0.15) is 11.2 Å². The van der Waals surface area contributed by atoms with E-state index >= 15 is 0 Å². The maximum Gasteiger partial charge on any atom is 0.410 e. The summed E-state index contributed by atoms with van der Waals surface area (Å²) in [7, 11) is 0. The third kappa shape index (κ3) is 3.70. The summed E-state index contributed by atoms with van der Waals surface area (Å²) >= 11 is 0. The highest BCUT2D eigenvalue weighted by atomic mass is 16.6. The summed E-state index contributed by atoms with van der Waals surface area (Å²) in [5, 5.41) is 0. The average molecular weight is 257 g/mol. The molecule has 1 unspecified atom stereocenters. The fraction of sp³-hybridized carbons (Fsp3) is 0.846. The Kier molecular flexibility index (Phi) is 4.37. The van der Waals surface area contributed by atoms with Crippen molar-refractivity contribution in [3.05, 3.63) is 0 Å². The van der Waals surface area contributed by atoms with E-state index in [9.17, 15) is 9.59 Å². The molecule has 1 heterocycles. The second-order valence-corrected chi connectivity index (χ2v) is 5.76. The van der Waals surface area contributed by atoms with Crippen molar-refractivity contribution < 1.29 is 19.1 Å². The van der Waals surface area contributed by atoms with E-state index in [0.29, 0.717) is 19.6 Å². The number of morpholine rings is 1. The van der Waals surface area contributed by atoms with E-state index in [4.69, 9.17) is 9.47 Å². The molecule has 0 aromatic carbocycles. The van der Waals surface area contributed by atoms with Crippen molar-refractivity contribution in [2.45, 2.75) is 52.2 Å². The third-order valence-electron chi connectivity index (χ3n) is 2.84. The number of rotatable bonds is 2. The Labute approximate surface area is 108 Å². The van der Waals surface area contributed by atoms with E-state index in [0.717, 1.165) is 0 Å². The molecule has 0 aliphatic carbocycles. The van der Waals surface area contributed by atoms with E-state index < -0.39 is 11.2 Å². The van der Waals surface area contributed by atoms with Gasteiger partial charge < -0.3 is 14.4 Å². The fourth-order valence-corrected chi connectivity index (χ4v) is 1.89. The van der Waals surface area contributed by atoms with Gasteiger partial charge in [-0.3, -0.25) is 4.79 Å². The smallest absolute Gasteiger partial charge is 0.410 e. The van der Waals surface area contributed by atoms with Gasteiger partial charge >= 0.3 is 6.09 Å². The minimum Gasteiger partial charge on any atom is -0.444 e. The number of hydrogen-bond acceptors (Lipinski definition) is 4. The van der Waals surface area contributed by atoms with Gasteiger partial charge in [-0.15, -0.1) is 0 Å². The van der Waals surface area contributed by atoms with Crippen LogP contribution in [-0.2, 0) is 14.3 Å². The Morgan fingerprint density at radius 2 is 2.00 bits per heavy atom. The molecule has 0 N–H and O–H groups in total. The number of carbonyl (C=O) groups is 2. The first-order valence-corrected chi connectivity index (χ1v) is 6.33. The number of Topliss-reactive ketones (excluding diaryl/α,β-unsaturated/α-hetero) is 1. The lowest BCUT2D eigenvalue weighted by molar-refractivity contribution is -0.152. The lowest BCUT2D eigenvalue weighted by Gasteiger charge is -2.39. The average Bonchev–Trinajstić information content (AvgIpc) is 2.25. The molecule has 0 aromatic rings. The number of nitrogens with zero attached hydrogens (tertiary/aromatic N) is 1. The minimum atomic E-state index is -0.899. The van der Waals surface area contributed by atoms with Gasteiger partial charge in [0.15, 0.2) is 5.78 Å². The summed E-state index contributed by atoms with van der Waals surface area (Å²) < 4.78 is 10.8. The number of ether oxygens (including phenoxy) is 2. The van der Waals surface area contributed by atoms with Crippen LogP contribution in [0.5, 0.6) is 0 Å². The normalized spacial score (nSPS) is 24.8. The van der Waals surface area contributed by atoms with Crippen molar-refractivity contribution in [2.24, 2.45) is 0 Å². The van der Waals surface area contributed by atoms with Gasteiger partial charge in [-0.1, -0.05) is 6.92 Å². The van der Waals surface area contributed by atoms with Crippen molar-refractivity contribution in [1.29, 1.82) is 0 Å². The number of ketones is 1. The number of carbonyl (C=O) groups excluding carboxylic acids is 2. The summed E-state index contributed by atoms with van der Waals surface area (Å²) in [5.41, 5.74) is -1.43. The van der Waals surface area contributed by atoms with Crippen LogP contribution in [-0.4, -0.2) is 47.7 Å². The molecule has 104 valence electrons. The van der Waals surface area contributed by atoms with Crippen LogP contribution in [0.1, 0.15) is 41.0 Å². The lowest BCUT2D eigenvalue weighted by atomic mass is 9.97. The molecule has 0 bridgehead atoms. The van der Waals surface area contributed by atoms with Gasteiger partial charge in [0.25, 0.3) is 0 Å². The molecule has 5 nitrogen and oxygen atoms in total. The van der Waals surface area contributed by atoms with Crippen molar-refractivity contribution in [3.63, 3.8) is 0 Å². The first-order valence-electron chi connectivity index (χ1n) is 6.33. The van der Waals surface area contributed by atoms with Crippen LogP contribution in [0.15, 0.2) is 0 Å². The van der Waals surface area contributed by atoms with Crippen molar-refractivity contribution >= 4 is 11.9 Å². The number of amides is 1. The van der Waals surface area contributed by atoms with Crippen LogP contribution in [0, 0.1) is 0 Å². The minimum absolute atomic E-state index is 0.00996. The zero-order valence-corrected chi connectivity index (χ0v) is 11.9. The topological polar surface area (TPSA) is 55.8 Å². The summed E-state index contributed by atoms with van der Waals surface area (Å²) in [4.78, 5) is 25.3. The Hall–Kier alpha value is -1.10. The molecule has 0 spiro atoms. The summed E-state index contributed by atoms with van der Waals surface area (Å²) in [6, 6.07) is 0. The predicted molar refractivity (Wildman–Crippen MR) is 67.5 cm³/mol. The molecule has 0 radical (unpaired) electrons. The molecule has 1 aliphatic heterocycles. The van der Waals surface area contributed by atoms with Crippen LogP contribution in [0.25, 0.3) is 0 Å². The Balaban J connectivity index is 2.69. The van der Waals surface area contributed by atoms with Gasteiger partial charge in [0, 0.05) is 13.0 Å². The first kappa shape index (κ1) is 15.0. The Morgan fingerprint density at radius 1 is 1.39 bits per heavy atom. The predicted octanol–water partition coefficient (Wildman–Crippen LogP) is 1.99. The molecule has 0 saturated carbocycles. The van der Waals surface area contributed by atoms with Gasteiger partial charge in [0.2, 0.25) is 0 Å². The first-order chi connectivity index (χ1) is 8.18. The molecular formula is C13H23NO4. The maximum atomic E-state index is 11.9. The van der Waals surface area contributed by atoms with E-state index in [1.807, 2.05) is 20.8 Å². The molecule has 5 heteroatoms. The van der Waals surface area contributed by atoms with Gasteiger partial charge in [-0.05, 0) is 27.7 Å². The van der Waals surface area contributed by atoms with Crippen molar-refractivity contribution in [3.8, 4) is 0 Å². The zero-order chi connectivity index (χ0) is 14.0. The highest BCUT2D eigenvalue weighted by Gasteiger charge is 2.40. The molecule has 1 fully saturated rings. The summed E-state index contributed by atoms with van der Waals surface area (Å²) in [6.07, 6.45) is 0.0134. The van der Waals surface area contributed by atoms with Crippen molar-refractivity contribution in [1.82, 2.24) is 4.90 Å². The zero-order valence-electron chi connectivity index (χ0n) is 11.9. The van der Waals surface area contributed by atoms with Crippen LogP contribution in [0.2, 0.25) is 0 Å². The standard InChI is InChI=1S/C13H23NO4/c1-6-10(15)13(5)9-14(7-8-17-13)11(16)18-12(2,3)4/h6-9H2,1-5H3. The van der Waals surface area contributed by atoms with E-state index in [1.165, 1.54) is 0 Å². The molecule has 1 atom stereocenters. The SMILES string of the molecule is CCC(=O)C1(C)CN(C(=O)OC(C)(C)C)CCO1. The molecule has 18 heavy (non-hydrogen) atoms. The fourth-order valence-electron chi connectivity index (χ4n) is 1.89. The molecule has 0 aromatic heterocycles. The van der Waals surface area contributed by atoms with Crippen LogP contribution in [0.3, 0.4) is 0 Å². The van der Waals surface area contributed by atoms with E-state index in [1.54, 1.807) is 18.7 Å². The molecule has 1 aliphatic rings. The number of hydrogen-bond donors (Lipinski definition) is 0. The van der Waals surface area contributed by atoms with Crippen molar-refractivity contribution in [2.75, 3.05) is 19.7 Å². The van der Waals surface area contributed by atoms with E-state index in [-0.39, 0.29) is 18.4 Å². The molecular weight excluding hydrogens is 234 g/mol. The summed E-state index contributed by atoms with van der Waals surface area (Å²) in [6.45, 7) is 10.1.